The Bertz CT molecular complexity index is 251. The molecule has 0 unspecified atom stereocenters. The van der Waals surface area contributed by atoms with Crippen molar-refractivity contribution in [3.63, 3.8) is 0 Å². The summed E-state index contributed by atoms with van der Waals surface area (Å²) in [6, 6.07) is 0. The summed E-state index contributed by atoms with van der Waals surface area (Å²) >= 11 is 0. The number of carbonyl (C=O) groups excluding carboxylic acids is 1. The first-order valence-electron chi connectivity index (χ1n) is 5.12. The Balaban J connectivity index is 1.92. The zero-order chi connectivity index (χ0) is 9.00. The van der Waals surface area contributed by atoms with E-state index in [0.717, 1.165) is 19.3 Å². The van der Waals surface area contributed by atoms with Crippen LogP contribution in [0.3, 0.4) is 0 Å². The summed E-state index contributed by atoms with van der Waals surface area (Å²) in [6.45, 7) is 0.248. The van der Waals surface area contributed by atoms with Crippen molar-refractivity contribution < 1.29 is 14.6 Å². The van der Waals surface area contributed by atoms with Crippen molar-refractivity contribution in [2.24, 2.45) is 23.7 Å². The van der Waals surface area contributed by atoms with Gasteiger partial charge in [0.05, 0.1) is 5.92 Å². The predicted molar refractivity (Wildman–Crippen MR) is 44.8 cm³/mol. The van der Waals surface area contributed by atoms with Gasteiger partial charge in [-0.1, -0.05) is 0 Å². The summed E-state index contributed by atoms with van der Waals surface area (Å²) in [6.07, 6.45) is 3.22. The van der Waals surface area contributed by atoms with Crippen LogP contribution in [0.15, 0.2) is 0 Å². The average molecular weight is 182 g/mol. The molecule has 3 rings (SSSR count). The highest BCUT2D eigenvalue weighted by molar-refractivity contribution is 5.76. The fraction of sp³-hybridized carbons (Fsp3) is 0.900. The molecule has 3 aliphatic rings. The van der Waals surface area contributed by atoms with Crippen molar-refractivity contribution in [1.82, 2.24) is 0 Å². The second-order valence-electron chi connectivity index (χ2n) is 4.58. The van der Waals surface area contributed by atoms with Crippen LogP contribution in [-0.4, -0.2) is 23.8 Å². The van der Waals surface area contributed by atoms with E-state index < -0.39 is 0 Å². The molecule has 2 saturated carbocycles. The number of hydrogen-bond acceptors (Lipinski definition) is 3. The Morgan fingerprint density at radius 2 is 2.31 bits per heavy atom. The highest BCUT2D eigenvalue weighted by Crippen LogP contribution is 2.55. The molecule has 3 nitrogen and oxygen atoms in total. The molecule has 0 aromatic carbocycles. The maximum Gasteiger partial charge on any atom is 0.309 e. The lowest BCUT2D eigenvalue weighted by Crippen LogP contribution is -2.17. The van der Waals surface area contributed by atoms with Crippen LogP contribution in [0, 0.1) is 23.7 Å². The maximum absolute atomic E-state index is 11.4. The lowest BCUT2D eigenvalue weighted by atomic mass is 9.91. The molecular weight excluding hydrogens is 168 g/mol. The molecule has 13 heavy (non-hydrogen) atoms. The van der Waals surface area contributed by atoms with Gasteiger partial charge in [-0.2, -0.15) is 0 Å². The highest BCUT2D eigenvalue weighted by atomic mass is 16.6. The number of esters is 1. The van der Waals surface area contributed by atoms with E-state index in [0.29, 0.717) is 17.8 Å². The van der Waals surface area contributed by atoms with Crippen LogP contribution in [0.1, 0.15) is 19.3 Å². The van der Waals surface area contributed by atoms with Gasteiger partial charge in [-0.15, -0.1) is 0 Å². The zero-order valence-corrected chi connectivity index (χ0v) is 7.48. The van der Waals surface area contributed by atoms with Gasteiger partial charge < -0.3 is 9.84 Å². The molecule has 0 radical (unpaired) electrons. The van der Waals surface area contributed by atoms with Crippen molar-refractivity contribution in [2.75, 3.05) is 6.61 Å². The second kappa shape index (κ2) is 2.47. The van der Waals surface area contributed by atoms with Gasteiger partial charge in [0, 0.05) is 12.5 Å². The Hall–Kier alpha value is -0.570. The van der Waals surface area contributed by atoms with E-state index in [1.54, 1.807) is 0 Å². The number of aliphatic hydroxyl groups excluding tert-OH is 1. The van der Waals surface area contributed by atoms with Gasteiger partial charge >= 0.3 is 5.97 Å². The van der Waals surface area contributed by atoms with Crippen LogP contribution in [0.5, 0.6) is 0 Å². The Kier molecular flexibility index (Phi) is 1.48. The molecule has 0 aromatic heterocycles. The fourth-order valence-electron chi connectivity index (χ4n) is 3.62. The number of aliphatic hydroxyl groups is 1. The average Bonchev–Trinajstić information content (AvgIpc) is 2.70. The number of ether oxygens (including phenoxy) is 1. The molecule has 1 heterocycles. The largest absolute Gasteiger partial charge is 0.462 e. The van der Waals surface area contributed by atoms with E-state index >= 15 is 0 Å². The normalized spacial score (nSPS) is 52.4. The summed E-state index contributed by atoms with van der Waals surface area (Å²) < 4.78 is 5.29. The van der Waals surface area contributed by atoms with Crippen LogP contribution < -0.4 is 0 Å². The lowest BCUT2D eigenvalue weighted by molar-refractivity contribution is -0.144. The third-order valence-corrected chi connectivity index (χ3v) is 4.14. The van der Waals surface area contributed by atoms with Gasteiger partial charge in [0.25, 0.3) is 0 Å². The topological polar surface area (TPSA) is 46.5 Å². The molecule has 0 amide bonds. The molecule has 2 aliphatic carbocycles. The van der Waals surface area contributed by atoms with Crippen LogP contribution in [-0.2, 0) is 9.53 Å². The van der Waals surface area contributed by atoms with Crippen molar-refractivity contribution in [3.05, 3.63) is 0 Å². The van der Waals surface area contributed by atoms with E-state index in [1.807, 2.05) is 0 Å². The number of rotatable bonds is 1. The van der Waals surface area contributed by atoms with Gasteiger partial charge in [0.1, 0.15) is 6.10 Å². The molecular formula is C10H14O3. The van der Waals surface area contributed by atoms with Crippen LogP contribution in [0.25, 0.3) is 0 Å². The third-order valence-electron chi connectivity index (χ3n) is 4.14. The summed E-state index contributed by atoms with van der Waals surface area (Å²) in [7, 11) is 0. The standard InChI is InChI=1S/C10H14O3/c11-4-5-3-7-9-6(5)1-2-8(9)13-10(7)12/h5-9,11H,1-4H2/t5-,6-,7-,8+,9-/m1/s1. The lowest BCUT2D eigenvalue weighted by Gasteiger charge is -2.15. The number of hydrogen-bond donors (Lipinski definition) is 1. The monoisotopic (exact) mass is 182 g/mol. The molecule has 1 aliphatic heterocycles. The molecule has 3 heteroatoms. The summed E-state index contributed by atoms with van der Waals surface area (Å²) in [5, 5.41) is 9.18. The fourth-order valence-corrected chi connectivity index (χ4v) is 3.62. The Morgan fingerprint density at radius 3 is 3.08 bits per heavy atom. The van der Waals surface area contributed by atoms with Crippen molar-refractivity contribution in [3.8, 4) is 0 Å². The Labute approximate surface area is 77.1 Å². The third kappa shape index (κ3) is 0.857. The maximum atomic E-state index is 11.4. The first kappa shape index (κ1) is 7.80. The van der Waals surface area contributed by atoms with Gasteiger partial charge in [-0.25, -0.2) is 0 Å². The molecule has 1 saturated heterocycles. The number of carbonyl (C=O) groups is 1. The summed E-state index contributed by atoms with van der Waals surface area (Å²) in [5.41, 5.74) is 0. The quantitative estimate of drug-likeness (QED) is 0.603. The molecule has 3 fully saturated rings. The minimum atomic E-state index is -0.00403. The van der Waals surface area contributed by atoms with E-state index in [-0.39, 0.29) is 24.6 Å². The van der Waals surface area contributed by atoms with E-state index in [9.17, 15) is 9.90 Å². The first-order chi connectivity index (χ1) is 6.31. The molecule has 0 bridgehead atoms. The molecule has 0 aromatic rings. The minimum absolute atomic E-state index is 0.00403. The molecule has 5 atom stereocenters. The molecule has 72 valence electrons. The second-order valence-corrected chi connectivity index (χ2v) is 4.58. The minimum Gasteiger partial charge on any atom is -0.462 e. The van der Waals surface area contributed by atoms with Gasteiger partial charge in [-0.3, -0.25) is 4.79 Å². The van der Waals surface area contributed by atoms with Gasteiger partial charge in [0.2, 0.25) is 0 Å². The highest BCUT2D eigenvalue weighted by Gasteiger charge is 2.58. The summed E-state index contributed by atoms with van der Waals surface area (Å²) in [5.74, 6) is 1.49. The molecule has 1 N–H and O–H groups in total. The van der Waals surface area contributed by atoms with Crippen LogP contribution in [0.2, 0.25) is 0 Å². The van der Waals surface area contributed by atoms with Gasteiger partial charge in [0.15, 0.2) is 0 Å². The van der Waals surface area contributed by atoms with Crippen molar-refractivity contribution in [2.45, 2.75) is 25.4 Å². The smallest absolute Gasteiger partial charge is 0.309 e. The van der Waals surface area contributed by atoms with Crippen molar-refractivity contribution >= 4 is 5.97 Å². The van der Waals surface area contributed by atoms with Gasteiger partial charge in [-0.05, 0) is 31.1 Å². The van der Waals surface area contributed by atoms with Crippen molar-refractivity contribution in [1.29, 1.82) is 0 Å². The Morgan fingerprint density at radius 1 is 1.46 bits per heavy atom. The van der Waals surface area contributed by atoms with E-state index in [1.165, 1.54) is 0 Å². The van der Waals surface area contributed by atoms with E-state index in [4.69, 9.17) is 4.74 Å². The summed E-state index contributed by atoms with van der Waals surface area (Å²) in [4.78, 5) is 11.4. The zero-order valence-electron chi connectivity index (χ0n) is 7.48. The molecule has 0 spiro atoms. The van der Waals surface area contributed by atoms with E-state index in [2.05, 4.69) is 0 Å². The predicted octanol–water partition coefficient (Wildman–Crippen LogP) is 0.566. The van der Waals surface area contributed by atoms with Crippen LogP contribution >= 0.6 is 0 Å². The SMILES string of the molecule is O=C1O[C@H]2CC[C@@H]3[C@@H](CO)C[C@@H]1[C@@H]32. The first-order valence-corrected chi connectivity index (χ1v) is 5.12. The van der Waals surface area contributed by atoms with Crippen LogP contribution in [0.4, 0.5) is 0 Å².